The molecule has 1 aromatic rings. The largest absolute Gasteiger partial charge is 0.480 e. The minimum atomic E-state index is -1.00. The topological polar surface area (TPSA) is 63.3 Å². The molecule has 0 aliphatic carbocycles. The number of carboxylic acids is 1. The van der Waals surface area contributed by atoms with Crippen molar-refractivity contribution in [2.24, 2.45) is 5.73 Å². The Kier molecular flexibility index (Phi) is 5.34. The van der Waals surface area contributed by atoms with Gasteiger partial charge in [-0.1, -0.05) is 29.3 Å². The molecule has 0 saturated carbocycles. The Hall–Kier alpha value is -0.420. The first-order valence-corrected chi connectivity index (χ1v) is 7.04. The molecule has 0 saturated heterocycles. The third-order valence-corrected chi connectivity index (χ3v) is 4.67. The highest BCUT2D eigenvalue weighted by molar-refractivity contribution is 7.99. The number of rotatable bonds is 5. The summed E-state index contributed by atoms with van der Waals surface area (Å²) in [6, 6.07) is 4.34. The molecule has 0 heterocycles. The molecule has 1 atom stereocenters. The Morgan fingerprint density at radius 2 is 2.11 bits per heavy atom. The maximum absolute atomic E-state index is 10.9. The van der Waals surface area contributed by atoms with Gasteiger partial charge in [0.2, 0.25) is 0 Å². The van der Waals surface area contributed by atoms with Crippen LogP contribution >= 0.6 is 35.0 Å². The number of carbonyl (C=O) groups is 1. The fourth-order valence-electron chi connectivity index (χ4n) is 1.29. The van der Waals surface area contributed by atoms with Gasteiger partial charge in [0.05, 0.1) is 0 Å². The van der Waals surface area contributed by atoms with E-state index in [0.29, 0.717) is 15.8 Å². The Morgan fingerprint density at radius 3 is 2.61 bits per heavy atom. The third kappa shape index (κ3) is 4.05. The maximum atomic E-state index is 10.9. The Bertz CT molecular complexity index is 452. The molecule has 3 nitrogen and oxygen atoms in total. The number of halogens is 2. The van der Waals surface area contributed by atoms with Crippen molar-refractivity contribution < 1.29 is 9.90 Å². The highest BCUT2D eigenvalue weighted by Gasteiger charge is 2.32. The molecular weight excluding hydrogens is 293 g/mol. The van der Waals surface area contributed by atoms with E-state index in [2.05, 4.69) is 0 Å². The molecular formula is C12H15Cl2NO2S. The van der Waals surface area contributed by atoms with Crippen LogP contribution in [0, 0.1) is 0 Å². The smallest absolute Gasteiger partial charge is 0.321 e. The maximum Gasteiger partial charge on any atom is 0.321 e. The van der Waals surface area contributed by atoms with Crippen LogP contribution in [0.4, 0.5) is 0 Å². The zero-order valence-corrected chi connectivity index (χ0v) is 12.4. The highest BCUT2D eigenvalue weighted by atomic mass is 35.5. The number of nitrogens with two attached hydrogens (primary N) is 1. The van der Waals surface area contributed by atoms with Gasteiger partial charge >= 0.3 is 5.97 Å². The van der Waals surface area contributed by atoms with Crippen molar-refractivity contribution in [1.29, 1.82) is 0 Å². The molecule has 18 heavy (non-hydrogen) atoms. The number of benzene rings is 1. The van der Waals surface area contributed by atoms with E-state index in [9.17, 15) is 4.79 Å². The van der Waals surface area contributed by atoms with Crippen LogP contribution in [0.1, 0.15) is 19.4 Å². The van der Waals surface area contributed by atoms with E-state index in [1.165, 1.54) is 11.8 Å². The van der Waals surface area contributed by atoms with E-state index in [1.54, 1.807) is 26.0 Å². The van der Waals surface area contributed by atoms with Crippen molar-refractivity contribution in [3.05, 3.63) is 33.8 Å². The van der Waals surface area contributed by atoms with Crippen molar-refractivity contribution in [3.8, 4) is 0 Å². The van der Waals surface area contributed by atoms with E-state index < -0.39 is 16.8 Å². The second-order valence-corrected chi connectivity index (χ2v) is 6.92. The van der Waals surface area contributed by atoms with E-state index in [1.807, 2.05) is 6.07 Å². The van der Waals surface area contributed by atoms with Gasteiger partial charge in [0.25, 0.3) is 0 Å². The van der Waals surface area contributed by atoms with Crippen LogP contribution in [0.5, 0.6) is 0 Å². The first kappa shape index (κ1) is 15.6. The molecule has 0 aliphatic rings. The van der Waals surface area contributed by atoms with Crippen molar-refractivity contribution in [1.82, 2.24) is 0 Å². The van der Waals surface area contributed by atoms with Crippen LogP contribution in [0.3, 0.4) is 0 Å². The van der Waals surface area contributed by atoms with E-state index >= 15 is 0 Å². The second kappa shape index (κ2) is 6.15. The molecule has 0 fully saturated rings. The summed E-state index contributed by atoms with van der Waals surface area (Å²) in [4.78, 5) is 10.9. The lowest BCUT2D eigenvalue weighted by Crippen LogP contribution is -2.46. The standard InChI is InChI=1S/C12H15Cl2NO2S/c1-12(2,10(15)11(16)17)18-6-7-3-4-8(13)5-9(7)14/h3-5,10H,6,15H2,1-2H3,(H,16,17)/t10-/m0/s1. The van der Waals surface area contributed by atoms with Crippen LogP contribution in [0.25, 0.3) is 0 Å². The van der Waals surface area contributed by atoms with E-state index in [0.717, 1.165) is 5.56 Å². The molecule has 0 amide bonds. The first-order chi connectivity index (χ1) is 8.24. The van der Waals surface area contributed by atoms with Gasteiger partial charge in [0.1, 0.15) is 6.04 Å². The summed E-state index contributed by atoms with van der Waals surface area (Å²) in [7, 11) is 0. The average Bonchev–Trinajstić information content (AvgIpc) is 2.26. The van der Waals surface area contributed by atoms with Gasteiger partial charge in [-0.05, 0) is 31.5 Å². The minimum Gasteiger partial charge on any atom is -0.480 e. The van der Waals surface area contributed by atoms with Crippen LogP contribution in [-0.2, 0) is 10.5 Å². The van der Waals surface area contributed by atoms with E-state index in [4.69, 9.17) is 34.0 Å². The van der Waals surface area contributed by atoms with Crippen molar-refractivity contribution >= 4 is 40.9 Å². The quantitative estimate of drug-likeness (QED) is 0.875. The summed E-state index contributed by atoms with van der Waals surface area (Å²) in [5, 5.41) is 10.1. The van der Waals surface area contributed by atoms with Gasteiger partial charge in [0.15, 0.2) is 0 Å². The molecule has 0 bridgehead atoms. The zero-order chi connectivity index (χ0) is 13.9. The molecule has 0 unspecified atom stereocenters. The molecule has 3 N–H and O–H groups in total. The van der Waals surface area contributed by atoms with Gasteiger partial charge in [-0.15, -0.1) is 11.8 Å². The number of hydrogen-bond donors (Lipinski definition) is 2. The number of carboxylic acid groups (broad SMARTS) is 1. The van der Waals surface area contributed by atoms with Crippen molar-refractivity contribution in [3.63, 3.8) is 0 Å². The number of aliphatic carboxylic acids is 1. The van der Waals surface area contributed by atoms with Gasteiger partial charge in [-0.25, -0.2) is 0 Å². The van der Waals surface area contributed by atoms with Crippen molar-refractivity contribution in [2.45, 2.75) is 30.4 Å². The Balaban J connectivity index is 2.72. The predicted octanol–water partition coefficient (Wildman–Crippen LogP) is 3.42. The first-order valence-electron chi connectivity index (χ1n) is 5.30. The highest BCUT2D eigenvalue weighted by Crippen LogP contribution is 2.33. The normalized spacial score (nSPS) is 13.4. The Labute approximate surface area is 121 Å². The Morgan fingerprint density at radius 1 is 1.50 bits per heavy atom. The average molecular weight is 308 g/mol. The number of hydrogen-bond acceptors (Lipinski definition) is 3. The lowest BCUT2D eigenvalue weighted by molar-refractivity contribution is -0.139. The van der Waals surface area contributed by atoms with E-state index in [-0.39, 0.29) is 0 Å². The lowest BCUT2D eigenvalue weighted by atomic mass is 10.1. The van der Waals surface area contributed by atoms with Crippen LogP contribution < -0.4 is 5.73 Å². The van der Waals surface area contributed by atoms with Gasteiger partial charge < -0.3 is 10.8 Å². The SMILES string of the molecule is CC(C)(SCc1ccc(Cl)cc1Cl)[C@@H](N)C(=O)O. The lowest BCUT2D eigenvalue weighted by Gasteiger charge is -2.28. The predicted molar refractivity (Wildman–Crippen MR) is 77.4 cm³/mol. The molecule has 100 valence electrons. The summed E-state index contributed by atoms with van der Waals surface area (Å²) >= 11 is 13.3. The summed E-state index contributed by atoms with van der Waals surface area (Å²) in [6.07, 6.45) is 0. The van der Waals surface area contributed by atoms with Gasteiger partial charge in [0, 0.05) is 20.5 Å². The molecule has 0 radical (unpaired) electrons. The second-order valence-electron chi connectivity index (χ2n) is 4.44. The molecule has 1 rings (SSSR count). The molecule has 6 heteroatoms. The van der Waals surface area contributed by atoms with Crippen LogP contribution in [0.2, 0.25) is 10.0 Å². The fourth-order valence-corrected chi connectivity index (χ4v) is 2.90. The monoisotopic (exact) mass is 307 g/mol. The molecule has 0 spiro atoms. The summed E-state index contributed by atoms with van der Waals surface area (Å²) in [5.41, 5.74) is 6.56. The van der Waals surface area contributed by atoms with Gasteiger partial charge in [-0.2, -0.15) is 0 Å². The summed E-state index contributed by atoms with van der Waals surface area (Å²) < 4.78 is -0.575. The molecule has 0 aromatic heterocycles. The minimum absolute atomic E-state index is 0.575. The summed E-state index contributed by atoms with van der Waals surface area (Å²) in [5.74, 6) is -0.418. The van der Waals surface area contributed by atoms with Crippen LogP contribution in [-0.4, -0.2) is 21.9 Å². The fraction of sp³-hybridized carbons (Fsp3) is 0.417. The third-order valence-electron chi connectivity index (χ3n) is 2.63. The van der Waals surface area contributed by atoms with Crippen molar-refractivity contribution in [2.75, 3.05) is 0 Å². The van der Waals surface area contributed by atoms with Crippen LogP contribution in [0.15, 0.2) is 18.2 Å². The number of thioether (sulfide) groups is 1. The molecule has 1 aromatic carbocycles. The van der Waals surface area contributed by atoms with Gasteiger partial charge in [-0.3, -0.25) is 4.79 Å². The zero-order valence-electron chi connectivity index (χ0n) is 10.1. The molecule has 0 aliphatic heterocycles. The summed E-state index contributed by atoms with van der Waals surface area (Å²) in [6.45, 7) is 3.61.